The van der Waals surface area contributed by atoms with Gasteiger partial charge in [-0.2, -0.15) is 0 Å². The molecule has 6 nitrogen and oxygen atoms in total. The molecule has 0 spiro atoms. The van der Waals surface area contributed by atoms with Crippen molar-refractivity contribution in [2.45, 2.75) is 104 Å². The van der Waals surface area contributed by atoms with E-state index in [9.17, 15) is 15.0 Å². The van der Waals surface area contributed by atoms with Crippen LogP contribution in [-0.2, 0) is 25.3 Å². The minimum Gasteiger partial charge on any atom is -0.466 e. The zero-order valence-electron chi connectivity index (χ0n) is 23.3. The number of esters is 1. The summed E-state index contributed by atoms with van der Waals surface area (Å²) in [6.45, 7) is 19.5. The van der Waals surface area contributed by atoms with Gasteiger partial charge in [-0.1, -0.05) is 65.0 Å². The monoisotopic (exact) mass is 508 g/mol. The molecule has 0 bridgehead atoms. The van der Waals surface area contributed by atoms with Crippen LogP contribution >= 0.6 is 0 Å². The highest BCUT2D eigenvalue weighted by atomic mass is 28.4. The molecular formula is C28H48O6Si. The van der Waals surface area contributed by atoms with Crippen LogP contribution in [-0.4, -0.2) is 55.5 Å². The summed E-state index contributed by atoms with van der Waals surface area (Å²) < 4.78 is 18.3. The lowest BCUT2D eigenvalue weighted by atomic mass is 9.63. The standard InChI is InChI=1S/C28H48O6Si/c1-10-33-25(30)16-23-20(2)24(29)17-28(23,31)27(7,19-32-18-22-14-12-11-13-15-22)21(3)34-35(8,9)26(4,5)6/h11-15,20-21,23-24,29,31H,10,16-19H2,1-9H3/t20-,21+,23-,24+,27+,28-/m0/s1. The Kier molecular flexibility index (Phi) is 9.78. The van der Waals surface area contributed by atoms with E-state index < -0.39 is 31.4 Å². The van der Waals surface area contributed by atoms with Crippen molar-refractivity contribution >= 4 is 14.3 Å². The molecule has 0 amide bonds. The molecule has 2 rings (SSSR count). The van der Waals surface area contributed by atoms with E-state index in [0.29, 0.717) is 6.61 Å². The fourth-order valence-corrected chi connectivity index (χ4v) is 6.57. The normalized spacial score (nSPS) is 27.9. The molecule has 200 valence electrons. The second-order valence-corrected chi connectivity index (χ2v) is 16.8. The van der Waals surface area contributed by atoms with Gasteiger partial charge in [0.25, 0.3) is 0 Å². The molecule has 0 aromatic heterocycles. The van der Waals surface area contributed by atoms with Crippen molar-refractivity contribution in [3.8, 4) is 0 Å². The van der Waals surface area contributed by atoms with Gasteiger partial charge >= 0.3 is 5.97 Å². The molecule has 1 aliphatic rings. The highest BCUT2D eigenvalue weighted by molar-refractivity contribution is 6.74. The van der Waals surface area contributed by atoms with Crippen LogP contribution in [0.2, 0.25) is 18.1 Å². The van der Waals surface area contributed by atoms with Crippen molar-refractivity contribution in [2.24, 2.45) is 17.3 Å². The molecule has 2 N–H and O–H groups in total. The first-order chi connectivity index (χ1) is 16.1. The van der Waals surface area contributed by atoms with Gasteiger partial charge in [0.2, 0.25) is 0 Å². The molecule has 35 heavy (non-hydrogen) atoms. The summed E-state index contributed by atoms with van der Waals surface area (Å²) in [4.78, 5) is 12.5. The fraction of sp³-hybridized carbons (Fsp3) is 0.750. The quantitative estimate of drug-likeness (QED) is 0.311. The van der Waals surface area contributed by atoms with Crippen LogP contribution in [0.15, 0.2) is 30.3 Å². The second-order valence-electron chi connectivity index (χ2n) is 12.1. The van der Waals surface area contributed by atoms with Gasteiger partial charge in [0, 0.05) is 17.8 Å². The van der Waals surface area contributed by atoms with E-state index in [1.54, 1.807) is 6.92 Å². The number of benzene rings is 1. The lowest BCUT2D eigenvalue weighted by molar-refractivity contribution is -0.186. The number of hydrogen-bond acceptors (Lipinski definition) is 6. The van der Waals surface area contributed by atoms with Crippen LogP contribution in [0.1, 0.15) is 66.9 Å². The Hall–Kier alpha value is -1.25. The molecule has 0 radical (unpaired) electrons. The first-order valence-electron chi connectivity index (χ1n) is 12.9. The summed E-state index contributed by atoms with van der Waals surface area (Å²) >= 11 is 0. The summed E-state index contributed by atoms with van der Waals surface area (Å²) in [5.41, 5.74) is -1.21. The molecule has 1 saturated carbocycles. The average Bonchev–Trinajstić information content (AvgIpc) is 2.97. The number of carbonyl (C=O) groups excluding carboxylic acids is 1. The number of ether oxygens (including phenoxy) is 2. The first-order valence-corrected chi connectivity index (χ1v) is 15.9. The summed E-state index contributed by atoms with van der Waals surface area (Å²) in [6.07, 6.45) is -0.891. The van der Waals surface area contributed by atoms with Gasteiger partial charge in [-0.3, -0.25) is 4.79 Å². The predicted octanol–water partition coefficient (Wildman–Crippen LogP) is 5.32. The van der Waals surface area contributed by atoms with Gasteiger partial charge in [-0.15, -0.1) is 0 Å². The largest absolute Gasteiger partial charge is 0.466 e. The Morgan fingerprint density at radius 3 is 2.34 bits per heavy atom. The van der Waals surface area contributed by atoms with Crippen LogP contribution in [0.3, 0.4) is 0 Å². The third kappa shape index (κ3) is 6.55. The minimum absolute atomic E-state index is 0.0114. The van der Waals surface area contributed by atoms with E-state index in [4.69, 9.17) is 13.9 Å². The third-order valence-electron chi connectivity index (χ3n) is 8.74. The maximum absolute atomic E-state index is 12.5. The Labute approximate surface area is 213 Å². The summed E-state index contributed by atoms with van der Waals surface area (Å²) in [5.74, 6) is -1.10. The van der Waals surface area contributed by atoms with Crippen molar-refractivity contribution in [2.75, 3.05) is 13.2 Å². The maximum Gasteiger partial charge on any atom is 0.306 e. The minimum atomic E-state index is -2.19. The zero-order valence-corrected chi connectivity index (χ0v) is 24.3. The SMILES string of the molecule is CCOC(=O)C[C@H]1[C@H](C)[C@H](O)C[C@@]1(O)[C@](C)(COCc1ccccc1)[C@@H](C)O[Si](C)(C)C(C)(C)C. The highest BCUT2D eigenvalue weighted by Crippen LogP contribution is 2.55. The van der Waals surface area contributed by atoms with E-state index in [1.165, 1.54) is 0 Å². The van der Waals surface area contributed by atoms with Gasteiger partial charge in [0.05, 0.1) is 44.1 Å². The number of aliphatic hydroxyl groups excluding tert-OH is 1. The number of rotatable bonds is 11. The fourth-order valence-electron chi connectivity index (χ4n) is 5.07. The van der Waals surface area contributed by atoms with E-state index in [0.717, 1.165) is 5.56 Å². The zero-order chi connectivity index (χ0) is 26.7. The lowest BCUT2D eigenvalue weighted by Crippen LogP contribution is -2.61. The number of aliphatic hydroxyl groups is 2. The number of hydrogen-bond donors (Lipinski definition) is 2. The van der Waals surface area contributed by atoms with Gasteiger partial charge < -0.3 is 24.1 Å². The van der Waals surface area contributed by atoms with E-state index >= 15 is 0 Å². The van der Waals surface area contributed by atoms with Crippen molar-refractivity contribution in [1.82, 2.24) is 0 Å². The molecule has 1 fully saturated rings. The Morgan fingerprint density at radius 1 is 1.20 bits per heavy atom. The van der Waals surface area contributed by atoms with E-state index in [2.05, 4.69) is 33.9 Å². The average molecular weight is 509 g/mol. The molecule has 1 aliphatic carbocycles. The van der Waals surface area contributed by atoms with Crippen molar-refractivity contribution in [3.05, 3.63) is 35.9 Å². The van der Waals surface area contributed by atoms with Crippen LogP contribution in [0, 0.1) is 17.3 Å². The van der Waals surface area contributed by atoms with Gasteiger partial charge in [0.15, 0.2) is 8.32 Å². The van der Waals surface area contributed by atoms with Crippen LogP contribution in [0.4, 0.5) is 0 Å². The maximum atomic E-state index is 12.5. The molecule has 0 unspecified atom stereocenters. The van der Waals surface area contributed by atoms with Crippen molar-refractivity contribution in [3.63, 3.8) is 0 Å². The lowest BCUT2D eigenvalue weighted by Gasteiger charge is -2.52. The summed E-state index contributed by atoms with van der Waals surface area (Å²) in [5, 5.41) is 23.2. The first kappa shape index (κ1) is 30.0. The van der Waals surface area contributed by atoms with Crippen molar-refractivity contribution < 1.29 is 28.9 Å². The summed E-state index contributed by atoms with van der Waals surface area (Å²) in [7, 11) is -2.19. The number of carbonyl (C=O) groups is 1. The Balaban J connectivity index is 2.43. The molecule has 0 heterocycles. The van der Waals surface area contributed by atoms with Crippen molar-refractivity contribution in [1.29, 1.82) is 0 Å². The van der Waals surface area contributed by atoms with E-state index in [1.807, 2.05) is 51.1 Å². The van der Waals surface area contributed by atoms with Gasteiger partial charge in [-0.05, 0) is 43.5 Å². The van der Waals surface area contributed by atoms with Crippen LogP contribution < -0.4 is 0 Å². The third-order valence-corrected chi connectivity index (χ3v) is 13.3. The molecule has 1 aromatic carbocycles. The Bertz CT molecular complexity index is 822. The predicted molar refractivity (Wildman–Crippen MR) is 141 cm³/mol. The summed E-state index contributed by atoms with van der Waals surface area (Å²) in [6, 6.07) is 9.92. The second kappa shape index (κ2) is 11.4. The topological polar surface area (TPSA) is 85.2 Å². The van der Waals surface area contributed by atoms with E-state index in [-0.39, 0.29) is 49.1 Å². The smallest absolute Gasteiger partial charge is 0.306 e. The Morgan fingerprint density at radius 2 is 1.80 bits per heavy atom. The molecule has 0 saturated heterocycles. The molecule has 7 heteroatoms. The van der Waals surface area contributed by atoms with Crippen LogP contribution in [0.25, 0.3) is 0 Å². The molecule has 1 aromatic rings. The van der Waals surface area contributed by atoms with Gasteiger partial charge in [-0.25, -0.2) is 0 Å². The highest BCUT2D eigenvalue weighted by Gasteiger charge is 2.63. The van der Waals surface area contributed by atoms with Crippen LogP contribution in [0.5, 0.6) is 0 Å². The van der Waals surface area contributed by atoms with Gasteiger partial charge in [0.1, 0.15) is 0 Å². The molecular weight excluding hydrogens is 460 g/mol. The molecule has 0 aliphatic heterocycles. The molecule has 6 atom stereocenters.